The lowest BCUT2D eigenvalue weighted by Crippen LogP contribution is -2.07. The quantitative estimate of drug-likeness (QED) is 0.179. The van der Waals surface area contributed by atoms with E-state index in [0.717, 1.165) is 34.5 Å². The number of H-pyrrole nitrogens is 1. The maximum atomic E-state index is 11.9. The largest absolute Gasteiger partial charge is 0.433 e. The molecule has 0 bridgehead atoms. The van der Waals surface area contributed by atoms with Crippen molar-refractivity contribution < 1.29 is 32.2 Å². The summed E-state index contributed by atoms with van der Waals surface area (Å²) in [7, 11) is 0. The van der Waals surface area contributed by atoms with Crippen molar-refractivity contribution >= 4 is 12.9 Å². The van der Waals surface area contributed by atoms with E-state index in [2.05, 4.69) is 90.9 Å². The molecular weight excluding hydrogens is 718 g/mol. The Balaban J connectivity index is 0.000000338. The third-order valence-corrected chi connectivity index (χ3v) is 7.36. The smallest absolute Gasteiger partial charge is 0.428 e. The molecule has 6 rings (SSSR count). The number of carbonyl (C=O) groups is 2. The highest BCUT2D eigenvalue weighted by atomic mass is 19.4. The molecule has 1 N–H and O–H groups in total. The van der Waals surface area contributed by atoms with Crippen LogP contribution in [-0.2, 0) is 15.8 Å². The summed E-state index contributed by atoms with van der Waals surface area (Å²) in [5, 5.41) is 0. The van der Waals surface area contributed by atoms with E-state index in [0.29, 0.717) is 30.0 Å². The van der Waals surface area contributed by atoms with Crippen molar-refractivity contribution in [2.75, 3.05) is 0 Å². The summed E-state index contributed by atoms with van der Waals surface area (Å²) in [6, 6.07) is 36.0. The predicted molar refractivity (Wildman–Crippen MR) is 218 cm³/mol. The Hall–Kier alpha value is -6.29. The Morgan fingerprint density at radius 1 is 0.518 bits per heavy atom. The summed E-state index contributed by atoms with van der Waals surface area (Å²) < 4.78 is 45.1. The lowest BCUT2D eigenvalue weighted by Gasteiger charge is -2.04. The van der Waals surface area contributed by atoms with Crippen LogP contribution in [0.3, 0.4) is 0 Å². The van der Waals surface area contributed by atoms with E-state index < -0.39 is 11.9 Å². The Kier molecular flexibility index (Phi) is 21.9. The Morgan fingerprint density at radius 2 is 0.946 bits per heavy atom. The summed E-state index contributed by atoms with van der Waals surface area (Å²) >= 11 is 0. The number of aromatic nitrogens is 2. The number of aromatic amines is 1. The Labute approximate surface area is 328 Å². The molecule has 6 aromatic rings. The first-order valence-corrected chi connectivity index (χ1v) is 17.5. The minimum Gasteiger partial charge on any atom is -0.428 e. The van der Waals surface area contributed by atoms with Crippen molar-refractivity contribution in [3.05, 3.63) is 194 Å². The second kappa shape index (κ2) is 25.7. The van der Waals surface area contributed by atoms with Crippen LogP contribution >= 0.6 is 0 Å². The van der Waals surface area contributed by atoms with Crippen LogP contribution in [0.5, 0.6) is 11.5 Å². The van der Waals surface area contributed by atoms with E-state index in [-0.39, 0.29) is 5.56 Å². The zero-order valence-corrected chi connectivity index (χ0v) is 33.4. The van der Waals surface area contributed by atoms with Crippen LogP contribution in [-0.4, -0.2) is 22.9 Å². The van der Waals surface area contributed by atoms with Crippen LogP contribution in [0.15, 0.2) is 132 Å². The van der Waals surface area contributed by atoms with Crippen molar-refractivity contribution in [2.45, 2.75) is 68.5 Å². The second-order valence-corrected chi connectivity index (χ2v) is 12.7. The molecule has 0 aliphatic carbocycles. The summed E-state index contributed by atoms with van der Waals surface area (Å²) in [6.07, 6.45) is -1.54. The van der Waals surface area contributed by atoms with Gasteiger partial charge in [-0.25, -0.2) is 0 Å². The number of carbonyl (C=O) groups excluding carboxylic acids is 2. The minimum absolute atomic E-state index is 0.0370. The van der Waals surface area contributed by atoms with Crippen molar-refractivity contribution in [3.63, 3.8) is 0 Å². The molecule has 2 heterocycles. The highest BCUT2D eigenvalue weighted by Gasteiger charge is 2.32. The van der Waals surface area contributed by atoms with E-state index in [9.17, 15) is 27.6 Å². The number of aryl methyl sites for hydroxylation is 9. The minimum atomic E-state index is -4.33. The molecule has 56 heavy (non-hydrogen) atoms. The van der Waals surface area contributed by atoms with Crippen molar-refractivity contribution in [1.82, 2.24) is 9.97 Å². The molecule has 0 amide bonds. The highest BCUT2D eigenvalue weighted by Crippen LogP contribution is 2.27. The molecular formula is C46H51F3N2O5. The fourth-order valence-corrected chi connectivity index (χ4v) is 4.14. The van der Waals surface area contributed by atoms with Crippen LogP contribution in [0.1, 0.15) is 55.8 Å². The summed E-state index contributed by atoms with van der Waals surface area (Å²) in [6.45, 7) is 18.5. The number of nitrogens with one attached hydrogen (secondary N) is 1. The topological polar surface area (TPSA) is 98.4 Å². The maximum absolute atomic E-state index is 11.9. The molecule has 0 saturated carbocycles. The number of pyridine rings is 2. The SMILES string of the molecule is Cc1cc[nH]c(=O)c1.Cc1ccc(C)c(OC=O)c1.Cc1ccc(C)cc1.Cc1ccc(C)cc1.Cc1ccccc1OC=O.Cc1ccnc(C(F)(F)F)c1. The molecule has 0 saturated heterocycles. The van der Waals surface area contributed by atoms with Crippen molar-refractivity contribution in [3.8, 4) is 11.5 Å². The van der Waals surface area contributed by atoms with Gasteiger partial charge in [0.1, 0.15) is 17.2 Å². The second-order valence-electron chi connectivity index (χ2n) is 12.7. The standard InChI is InChI=1S/C9H10O2.C8H8O2.2C8H10.C7H6F3N.C6H7NO/c1-7-3-4-8(2)9(5-7)11-6-10;1-7-4-2-3-5-8(7)10-6-9;2*1-7-3-5-8(2)6-4-7;1-5-2-3-11-6(4-5)7(8,9)10;1-5-2-3-7-6(8)4-5/h3-6H,1-2H3;2-6H,1H3;2*3-6H,1-2H3;2-4H,1H3;2-4H,1H3,(H,7,8). The van der Waals surface area contributed by atoms with Crippen LogP contribution in [0.2, 0.25) is 0 Å². The fraction of sp³-hybridized carbons (Fsp3) is 0.217. The first kappa shape index (κ1) is 47.7. The number of hydrogen-bond acceptors (Lipinski definition) is 6. The number of alkyl halides is 3. The molecule has 0 fully saturated rings. The molecule has 2 aromatic heterocycles. The van der Waals surface area contributed by atoms with Gasteiger partial charge in [0.15, 0.2) is 0 Å². The van der Waals surface area contributed by atoms with Gasteiger partial charge < -0.3 is 14.5 Å². The van der Waals surface area contributed by atoms with E-state index in [1.807, 2.05) is 70.2 Å². The number of nitrogens with zero attached hydrogens (tertiary/aromatic N) is 1. The Bertz CT molecular complexity index is 2010. The van der Waals surface area contributed by atoms with Gasteiger partial charge in [-0.05, 0) is 120 Å². The van der Waals surface area contributed by atoms with Gasteiger partial charge in [-0.2, -0.15) is 13.2 Å². The molecule has 4 aromatic carbocycles. The van der Waals surface area contributed by atoms with Crippen molar-refractivity contribution in [1.29, 1.82) is 0 Å². The summed E-state index contributed by atoms with van der Waals surface area (Å²) in [5.74, 6) is 1.26. The zero-order chi connectivity index (χ0) is 42.1. The monoisotopic (exact) mass is 768 g/mol. The number of rotatable bonds is 4. The van der Waals surface area contributed by atoms with Gasteiger partial charge in [0.05, 0.1) is 0 Å². The number of hydrogen-bond donors (Lipinski definition) is 1. The maximum Gasteiger partial charge on any atom is 0.433 e. The highest BCUT2D eigenvalue weighted by molar-refractivity contribution is 5.48. The molecule has 0 unspecified atom stereocenters. The zero-order valence-electron chi connectivity index (χ0n) is 33.4. The first-order chi connectivity index (χ1) is 26.4. The van der Waals surface area contributed by atoms with E-state index in [1.165, 1.54) is 28.3 Å². The van der Waals surface area contributed by atoms with Gasteiger partial charge >= 0.3 is 6.18 Å². The van der Waals surface area contributed by atoms with Crippen LogP contribution in [0.25, 0.3) is 0 Å². The summed E-state index contributed by atoms with van der Waals surface area (Å²) in [5.41, 5.74) is 9.03. The third kappa shape index (κ3) is 21.4. The van der Waals surface area contributed by atoms with Crippen molar-refractivity contribution in [2.24, 2.45) is 0 Å². The van der Waals surface area contributed by atoms with E-state index in [1.54, 1.807) is 25.3 Å². The van der Waals surface area contributed by atoms with Gasteiger partial charge in [-0.15, -0.1) is 0 Å². The van der Waals surface area contributed by atoms with Crippen LogP contribution in [0, 0.1) is 62.3 Å². The fourth-order valence-electron chi connectivity index (χ4n) is 4.14. The lowest BCUT2D eigenvalue weighted by molar-refractivity contribution is -0.141. The molecule has 7 nitrogen and oxygen atoms in total. The average molecular weight is 769 g/mol. The predicted octanol–water partition coefficient (Wildman–Crippen LogP) is 11.1. The Morgan fingerprint density at radius 3 is 1.34 bits per heavy atom. The summed E-state index contributed by atoms with van der Waals surface area (Å²) in [4.78, 5) is 36.1. The number of benzene rings is 4. The molecule has 10 heteroatoms. The number of para-hydroxylation sites is 1. The normalized spacial score (nSPS) is 9.64. The molecule has 0 spiro atoms. The molecule has 0 atom stereocenters. The third-order valence-electron chi connectivity index (χ3n) is 7.36. The van der Waals surface area contributed by atoms with Gasteiger partial charge in [0, 0.05) is 18.5 Å². The molecule has 0 radical (unpaired) electrons. The number of halogens is 3. The van der Waals surface area contributed by atoms with Gasteiger partial charge in [0.25, 0.3) is 12.9 Å². The average Bonchev–Trinajstić information content (AvgIpc) is 3.14. The van der Waals surface area contributed by atoms with E-state index in [4.69, 9.17) is 4.74 Å². The molecule has 0 aliphatic heterocycles. The van der Waals surface area contributed by atoms with Gasteiger partial charge in [0.2, 0.25) is 5.56 Å². The molecule has 0 aliphatic rings. The van der Waals surface area contributed by atoms with Crippen LogP contribution in [0.4, 0.5) is 13.2 Å². The van der Waals surface area contributed by atoms with Gasteiger partial charge in [-0.3, -0.25) is 19.4 Å². The van der Waals surface area contributed by atoms with Gasteiger partial charge in [-0.1, -0.05) is 101 Å². The molecule has 296 valence electrons. The lowest BCUT2D eigenvalue weighted by atomic mass is 10.1. The number of ether oxygens (including phenoxy) is 2. The van der Waals surface area contributed by atoms with E-state index >= 15 is 0 Å². The van der Waals surface area contributed by atoms with Crippen LogP contribution < -0.4 is 15.0 Å². The first-order valence-electron chi connectivity index (χ1n) is 17.5.